The highest BCUT2D eigenvalue weighted by molar-refractivity contribution is 5.04. The summed E-state index contributed by atoms with van der Waals surface area (Å²) < 4.78 is 0. The second-order valence-corrected chi connectivity index (χ2v) is 6.07. The molecule has 0 spiro atoms. The first-order chi connectivity index (χ1) is 7.82. The van der Waals surface area contributed by atoms with Gasteiger partial charge in [0.05, 0.1) is 0 Å². The average Bonchev–Trinajstić information content (AvgIpc) is 3.15. The molecule has 4 aliphatic rings. The van der Waals surface area contributed by atoms with Gasteiger partial charge in [-0.15, -0.1) is 0 Å². The van der Waals surface area contributed by atoms with Gasteiger partial charge in [-0.3, -0.25) is 0 Å². The van der Waals surface area contributed by atoms with Crippen molar-refractivity contribution in [1.29, 1.82) is 0 Å². The Morgan fingerprint density at radius 2 is 1.94 bits per heavy atom. The Morgan fingerprint density at radius 3 is 2.44 bits per heavy atom. The van der Waals surface area contributed by atoms with Crippen molar-refractivity contribution in [1.82, 2.24) is 10.2 Å². The lowest BCUT2D eigenvalue weighted by Gasteiger charge is -2.53. The summed E-state index contributed by atoms with van der Waals surface area (Å²) in [5, 5.41) is 3.82. The number of piperidine rings is 3. The summed E-state index contributed by atoms with van der Waals surface area (Å²) in [4.78, 5) is 2.59. The molecule has 1 aliphatic carbocycles. The third-order valence-corrected chi connectivity index (χ3v) is 4.97. The molecule has 0 aromatic carbocycles. The van der Waals surface area contributed by atoms with Crippen molar-refractivity contribution in [2.75, 3.05) is 32.7 Å². The van der Waals surface area contributed by atoms with Gasteiger partial charge in [0.25, 0.3) is 0 Å². The van der Waals surface area contributed by atoms with E-state index in [9.17, 15) is 0 Å². The predicted octanol–water partition coefficient (Wildman–Crippen LogP) is 0.799. The highest BCUT2D eigenvalue weighted by Gasteiger charge is 2.45. The maximum atomic E-state index is 6.07. The van der Waals surface area contributed by atoms with Crippen LogP contribution in [0, 0.1) is 11.8 Å². The van der Waals surface area contributed by atoms with Crippen molar-refractivity contribution in [3.05, 3.63) is 0 Å². The summed E-state index contributed by atoms with van der Waals surface area (Å²) in [6.45, 7) is 5.80. The van der Waals surface area contributed by atoms with Gasteiger partial charge < -0.3 is 16.0 Å². The fourth-order valence-corrected chi connectivity index (χ4v) is 3.61. The fourth-order valence-electron chi connectivity index (χ4n) is 3.61. The Kier molecular flexibility index (Phi) is 2.94. The summed E-state index contributed by atoms with van der Waals surface area (Å²) in [5.41, 5.74) is 6.32. The zero-order valence-corrected chi connectivity index (χ0v) is 10.3. The van der Waals surface area contributed by atoms with E-state index >= 15 is 0 Å². The van der Waals surface area contributed by atoms with Crippen molar-refractivity contribution in [2.24, 2.45) is 17.6 Å². The Bertz CT molecular complexity index is 244. The topological polar surface area (TPSA) is 41.3 Å². The van der Waals surface area contributed by atoms with Crippen LogP contribution in [0.2, 0.25) is 0 Å². The first-order valence-corrected chi connectivity index (χ1v) is 7.00. The molecule has 1 unspecified atom stereocenters. The lowest BCUT2D eigenvalue weighted by molar-refractivity contribution is 0.0109. The lowest BCUT2D eigenvalue weighted by atomic mass is 9.72. The molecule has 3 saturated heterocycles. The van der Waals surface area contributed by atoms with E-state index in [4.69, 9.17) is 5.73 Å². The van der Waals surface area contributed by atoms with Crippen LogP contribution >= 0.6 is 0 Å². The van der Waals surface area contributed by atoms with E-state index in [2.05, 4.69) is 10.2 Å². The van der Waals surface area contributed by atoms with Crippen LogP contribution in [-0.2, 0) is 0 Å². The van der Waals surface area contributed by atoms with E-state index in [0.717, 1.165) is 18.4 Å². The Labute approximate surface area is 98.8 Å². The molecule has 0 amide bonds. The predicted molar refractivity (Wildman–Crippen MR) is 66.3 cm³/mol. The number of nitrogens with two attached hydrogens (primary N) is 1. The Hall–Kier alpha value is -0.120. The fraction of sp³-hybridized carbons (Fsp3) is 1.00. The van der Waals surface area contributed by atoms with Crippen LogP contribution in [0.25, 0.3) is 0 Å². The standard InChI is InChI=1S/C13H25N3/c14-9-13(15-6-3-11-1-2-11)10-16-7-4-12(13)5-8-16/h11-12,15H,1-10,14H2. The maximum absolute atomic E-state index is 6.07. The van der Waals surface area contributed by atoms with E-state index < -0.39 is 0 Å². The van der Waals surface area contributed by atoms with Gasteiger partial charge in [0.2, 0.25) is 0 Å². The van der Waals surface area contributed by atoms with E-state index in [-0.39, 0.29) is 5.54 Å². The maximum Gasteiger partial charge on any atom is 0.0462 e. The van der Waals surface area contributed by atoms with Crippen molar-refractivity contribution in [3.8, 4) is 0 Å². The van der Waals surface area contributed by atoms with Crippen LogP contribution < -0.4 is 11.1 Å². The minimum Gasteiger partial charge on any atom is -0.329 e. The Balaban J connectivity index is 1.58. The molecule has 3 aliphatic heterocycles. The van der Waals surface area contributed by atoms with Crippen molar-refractivity contribution < 1.29 is 0 Å². The quantitative estimate of drug-likeness (QED) is 0.724. The average molecular weight is 223 g/mol. The molecule has 3 heterocycles. The van der Waals surface area contributed by atoms with E-state index in [0.29, 0.717) is 0 Å². The highest BCUT2D eigenvalue weighted by atomic mass is 15.2. The van der Waals surface area contributed by atoms with Crippen LogP contribution in [0.5, 0.6) is 0 Å². The normalized spacial score (nSPS) is 42.6. The van der Waals surface area contributed by atoms with E-state index in [1.54, 1.807) is 0 Å². The summed E-state index contributed by atoms with van der Waals surface area (Å²) >= 11 is 0. The summed E-state index contributed by atoms with van der Waals surface area (Å²) in [7, 11) is 0. The van der Waals surface area contributed by atoms with Crippen molar-refractivity contribution >= 4 is 0 Å². The molecule has 3 N–H and O–H groups in total. The van der Waals surface area contributed by atoms with Gasteiger partial charge in [0.1, 0.15) is 0 Å². The number of nitrogens with one attached hydrogen (secondary N) is 1. The minimum atomic E-state index is 0.255. The SMILES string of the molecule is NCC1(NCCC2CC2)CN2CCC1CC2. The molecular formula is C13H25N3. The van der Waals surface area contributed by atoms with Crippen LogP contribution in [0.4, 0.5) is 0 Å². The van der Waals surface area contributed by atoms with Gasteiger partial charge >= 0.3 is 0 Å². The van der Waals surface area contributed by atoms with Gasteiger partial charge in [-0.2, -0.15) is 0 Å². The second-order valence-electron chi connectivity index (χ2n) is 6.07. The molecule has 3 nitrogen and oxygen atoms in total. The van der Waals surface area contributed by atoms with Gasteiger partial charge in [-0.1, -0.05) is 12.8 Å². The lowest BCUT2D eigenvalue weighted by Crippen LogP contribution is -2.69. The molecule has 2 bridgehead atoms. The molecule has 4 rings (SSSR count). The molecule has 0 aromatic rings. The van der Waals surface area contributed by atoms with E-state index in [1.807, 2.05) is 0 Å². The second kappa shape index (κ2) is 4.28. The Morgan fingerprint density at radius 1 is 1.19 bits per heavy atom. The number of rotatable bonds is 5. The zero-order chi connectivity index (χ0) is 11.0. The monoisotopic (exact) mass is 223 g/mol. The largest absolute Gasteiger partial charge is 0.329 e. The van der Waals surface area contributed by atoms with Gasteiger partial charge in [-0.25, -0.2) is 0 Å². The van der Waals surface area contributed by atoms with Crippen LogP contribution in [0.1, 0.15) is 32.1 Å². The first kappa shape index (κ1) is 11.0. The number of hydrogen-bond acceptors (Lipinski definition) is 3. The summed E-state index contributed by atoms with van der Waals surface area (Å²) in [6, 6.07) is 0. The van der Waals surface area contributed by atoms with Crippen molar-refractivity contribution in [2.45, 2.75) is 37.6 Å². The third-order valence-electron chi connectivity index (χ3n) is 4.97. The van der Waals surface area contributed by atoms with Crippen molar-refractivity contribution in [3.63, 3.8) is 0 Å². The molecule has 4 fully saturated rings. The zero-order valence-electron chi connectivity index (χ0n) is 10.3. The molecule has 0 aromatic heterocycles. The van der Waals surface area contributed by atoms with Gasteiger partial charge in [0, 0.05) is 18.6 Å². The minimum absolute atomic E-state index is 0.255. The molecule has 1 atom stereocenters. The molecule has 16 heavy (non-hydrogen) atoms. The summed E-state index contributed by atoms with van der Waals surface area (Å²) in [6.07, 6.45) is 7.01. The molecule has 3 heteroatoms. The summed E-state index contributed by atoms with van der Waals surface area (Å²) in [5.74, 6) is 1.87. The van der Waals surface area contributed by atoms with Crippen LogP contribution in [0.3, 0.4) is 0 Å². The van der Waals surface area contributed by atoms with Crippen LogP contribution in [0.15, 0.2) is 0 Å². The third kappa shape index (κ3) is 2.01. The van der Waals surface area contributed by atoms with Gasteiger partial charge in [-0.05, 0) is 50.7 Å². The molecule has 1 saturated carbocycles. The molecular weight excluding hydrogens is 198 g/mol. The highest BCUT2D eigenvalue weighted by Crippen LogP contribution is 2.36. The van der Waals surface area contributed by atoms with Crippen LogP contribution in [-0.4, -0.2) is 43.2 Å². The first-order valence-electron chi connectivity index (χ1n) is 7.00. The number of hydrogen-bond donors (Lipinski definition) is 2. The number of fused-ring (bicyclic) bond motifs is 3. The van der Waals surface area contributed by atoms with E-state index in [1.165, 1.54) is 58.3 Å². The smallest absolute Gasteiger partial charge is 0.0462 e. The molecule has 92 valence electrons. The molecule has 0 radical (unpaired) electrons. The van der Waals surface area contributed by atoms with Gasteiger partial charge in [0.15, 0.2) is 0 Å². The number of nitrogens with zero attached hydrogens (tertiary/aromatic N) is 1.